The van der Waals surface area contributed by atoms with Crippen LogP contribution in [0.4, 0.5) is 11.4 Å². The van der Waals surface area contributed by atoms with Gasteiger partial charge in [0.25, 0.3) is 0 Å². The Morgan fingerprint density at radius 3 is 1.64 bits per heavy atom. The first-order valence-corrected chi connectivity index (χ1v) is 14.4. The maximum absolute atomic E-state index is 5.28. The number of anilines is 2. The van der Waals surface area contributed by atoms with Gasteiger partial charge in [0.15, 0.2) is 0 Å². The molecule has 0 aliphatic rings. The van der Waals surface area contributed by atoms with Crippen molar-refractivity contribution in [1.82, 2.24) is 4.90 Å². The Morgan fingerprint density at radius 1 is 0.694 bits per heavy atom. The average molecular weight is 493 g/mol. The van der Waals surface area contributed by atoms with Crippen molar-refractivity contribution in [1.29, 1.82) is 0 Å². The number of hydrogen-bond acceptors (Lipinski definition) is 4. The molecule has 0 N–H and O–H groups in total. The Balaban J connectivity index is 2.30. The fourth-order valence-corrected chi connectivity index (χ4v) is 4.57. The number of aliphatic imine (C=N–C) groups is 1. The van der Waals surface area contributed by atoms with Crippen molar-refractivity contribution in [3.63, 3.8) is 0 Å². The van der Waals surface area contributed by atoms with Crippen LogP contribution in [0.15, 0.2) is 53.5 Å². The molecular weight excluding hydrogens is 440 g/mol. The second kappa shape index (κ2) is 16.4. The molecule has 0 aliphatic carbocycles. The fraction of sp³-hybridized carbons (Fsp3) is 0.594. The lowest BCUT2D eigenvalue weighted by atomic mass is 10.0. The Hall–Kier alpha value is -2.33. The maximum Gasteiger partial charge on any atom is 0.0722 e. The van der Waals surface area contributed by atoms with E-state index < -0.39 is 0 Å². The van der Waals surface area contributed by atoms with Crippen LogP contribution in [0.3, 0.4) is 0 Å². The van der Waals surface area contributed by atoms with Gasteiger partial charge in [0.1, 0.15) is 0 Å². The van der Waals surface area contributed by atoms with Crippen LogP contribution in [0.2, 0.25) is 0 Å². The van der Waals surface area contributed by atoms with E-state index in [1.54, 1.807) is 0 Å². The van der Waals surface area contributed by atoms with Crippen molar-refractivity contribution < 1.29 is 0 Å². The Labute approximate surface area is 222 Å². The lowest BCUT2D eigenvalue weighted by Crippen LogP contribution is -2.25. The van der Waals surface area contributed by atoms with Crippen molar-refractivity contribution in [3.05, 3.63) is 59.7 Å². The van der Waals surface area contributed by atoms with Crippen LogP contribution in [0, 0.1) is 0 Å². The topological polar surface area (TPSA) is 22.1 Å². The van der Waals surface area contributed by atoms with E-state index in [4.69, 9.17) is 4.99 Å². The molecule has 0 saturated carbocycles. The van der Waals surface area contributed by atoms with Gasteiger partial charge in [-0.1, -0.05) is 64.8 Å². The summed E-state index contributed by atoms with van der Waals surface area (Å²) in [6.07, 6.45) is 7.22. The summed E-state index contributed by atoms with van der Waals surface area (Å²) in [6, 6.07) is 18.3. The third kappa shape index (κ3) is 9.61. The minimum absolute atomic E-state index is 0.286. The molecule has 0 radical (unpaired) electrons. The lowest BCUT2D eigenvalue weighted by Gasteiger charge is -2.25. The van der Waals surface area contributed by atoms with E-state index in [0.29, 0.717) is 0 Å². The van der Waals surface area contributed by atoms with E-state index in [1.165, 1.54) is 54.6 Å². The smallest absolute Gasteiger partial charge is 0.0722 e. The summed E-state index contributed by atoms with van der Waals surface area (Å²) < 4.78 is 0. The van der Waals surface area contributed by atoms with Crippen molar-refractivity contribution in [2.24, 2.45) is 4.99 Å². The molecule has 2 aromatic carbocycles. The normalized spacial score (nSPS) is 12.7. The highest BCUT2D eigenvalue weighted by atomic mass is 15.1. The van der Waals surface area contributed by atoms with Crippen LogP contribution >= 0.6 is 0 Å². The Bertz CT molecular complexity index is 858. The van der Waals surface area contributed by atoms with E-state index in [2.05, 4.69) is 112 Å². The van der Waals surface area contributed by atoms with E-state index in [9.17, 15) is 0 Å². The molecule has 0 fully saturated rings. The molecule has 0 bridgehead atoms. The number of nitrogens with zero attached hydrogens (tertiary/aromatic N) is 4. The molecular formula is C32H52N4. The lowest BCUT2D eigenvalue weighted by molar-refractivity contribution is 0.294. The van der Waals surface area contributed by atoms with Crippen LogP contribution in [-0.4, -0.2) is 63.5 Å². The molecule has 2 aromatic rings. The molecule has 1 atom stereocenters. The first-order chi connectivity index (χ1) is 17.4. The van der Waals surface area contributed by atoms with Crippen LogP contribution in [0.25, 0.3) is 0 Å². The van der Waals surface area contributed by atoms with Gasteiger partial charge in [-0.25, -0.2) is 0 Å². The summed E-state index contributed by atoms with van der Waals surface area (Å²) in [7, 11) is 4.17. The third-order valence-electron chi connectivity index (χ3n) is 7.07. The standard InChI is InChI=1S/C32H52N4/c1-8-12-25-36(26-13-9-2)31-22-18-29(19-23-31)32(28-16-20-30(21-17-28)34(6)7)33-27(5)15-14-24-35(10-3)11-4/h16-23,27H,8-15,24-26H2,1-7H3. The number of benzene rings is 2. The predicted octanol–water partition coefficient (Wildman–Crippen LogP) is 7.51. The SMILES string of the molecule is CCCCN(CCCC)c1ccc(C(=NC(C)CCCN(CC)CC)c2ccc(N(C)C)cc2)cc1. The maximum atomic E-state index is 5.28. The molecule has 200 valence electrons. The molecule has 36 heavy (non-hydrogen) atoms. The molecule has 4 nitrogen and oxygen atoms in total. The van der Waals surface area contributed by atoms with Gasteiger partial charge in [-0.15, -0.1) is 0 Å². The van der Waals surface area contributed by atoms with E-state index in [-0.39, 0.29) is 6.04 Å². The zero-order chi connectivity index (χ0) is 26.3. The van der Waals surface area contributed by atoms with Crippen molar-refractivity contribution in [3.8, 4) is 0 Å². The highest BCUT2D eigenvalue weighted by Gasteiger charge is 2.13. The Kier molecular flexibility index (Phi) is 13.6. The second-order valence-electron chi connectivity index (χ2n) is 10.2. The molecule has 0 amide bonds. The quantitative estimate of drug-likeness (QED) is 0.213. The van der Waals surface area contributed by atoms with Crippen molar-refractivity contribution >= 4 is 17.1 Å². The Morgan fingerprint density at radius 2 is 1.19 bits per heavy atom. The van der Waals surface area contributed by atoms with Gasteiger partial charge in [0.05, 0.1) is 5.71 Å². The van der Waals surface area contributed by atoms with Gasteiger partial charge >= 0.3 is 0 Å². The summed E-state index contributed by atoms with van der Waals surface area (Å²) in [5.74, 6) is 0. The molecule has 0 aliphatic heterocycles. The van der Waals surface area contributed by atoms with E-state index >= 15 is 0 Å². The number of unbranched alkanes of at least 4 members (excludes halogenated alkanes) is 2. The fourth-order valence-electron chi connectivity index (χ4n) is 4.57. The summed E-state index contributed by atoms with van der Waals surface area (Å²) >= 11 is 0. The van der Waals surface area contributed by atoms with Gasteiger partial charge in [-0.3, -0.25) is 4.99 Å². The van der Waals surface area contributed by atoms with Crippen LogP contribution in [0.5, 0.6) is 0 Å². The highest BCUT2D eigenvalue weighted by molar-refractivity contribution is 6.13. The number of rotatable bonds is 17. The molecule has 1 unspecified atom stereocenters. The van der Waals surface area contributed by atoms with E-state index in [0.717, 1.165) is 44.9 Å². The minimum Gasteiger partial charge on any atom is -0.378 e. The van der Waals surface area contributed by atoms with Gasteiger partial charge in [0, 0.05) is 55.7 Å². The third-order valence-corrected chi connectivity index (χ3v) is 7.07. The summed E-state index contributed by atoms with van der Waals surface area (Å²) in [6.45, 7) is 17.0. The van der Waals surface area contributed by atoms with Crippen molar-refractivity contribution in [2.45, 2.75) is 79.2 Å². The highest BCUT2D eigenvalue weighted by Crippen LogP contribution is 2.22. The average Bonchev–Trinajstić information content (AvgIpc) is 2.90. The summed E-state index contributed by atoms with van der Waals surface area (Å²) in [5, 5.41) is 0. The van der Waals surface area contributed by atoms with Gasteiger partial charge in [-0.05, 0) is 76.5 Å². The zero-order valence-corrected chi connectivity index (χ0v) is 24.3. The second-order valence-corrected chi connectivity index (χ2v) is 10.2. The van der Waals surface area contributed by atoms with Gasteiger partial charge < -0.3 is 14.7 Å². The van der Waals surface area contributed by atoms with Gasteiger partial charge in [-0.2, -0.15) is 0 Å². The van der Waals surface area contributed by atoms with Crippen LogP contribution in [-0.2, 0) is 0 Å². The summed E-state index contributed by atoms with van der Waals surface area (Å²) in [4.78, 5) is 12.5. The first kappa shape index (κ1) is 29.9. The largest absolute Gasteiger partial charge is 0.378 e. The summed E-state index contributed by atoms with van der Waals surface area (Å²) in [5.41, 5.74) is 6.05. The monoisotopic (exact) mass is 492 g/mol. The molecule has 0 aromatic heterocycles. The number of hydrogen-bond donors (Lipinski definition) is 0. The van der Waals surface area contributed by atoms with Crippen molar-refractivity contribution in [2.75, 3.05) is 56.6 Å². The predicted molar refractivity (Wildman–Crippen MR) is 161 cm³/mol. The van der Waals surface area contributed by atoms with E-state index in [1.807, 2.05) is 0 Å². The van der Waals surface area contributed by atoms with Gasteiger partial charge in [0.2, 0.25) is 0 Å². The van der Waals surface area contributed by atoms with Crippen LogP contribution in [0.1, 0.15) is 84.3 Å². The molecule has 2 rings (SSSR count). The molecule has 0 heterocycles. The first-order valence-electron chi connectivity index (χ1n) is 14.4. The molecule has 0 spiro atoms. The molecule has 0 saturated heterocycles. The minimum atomic E-state index is 0.286. The van der Waals surface area contributed by atoms with Crippen LogP contribution < -0.4 is 9.80 Å². The zero-order valence-electron chi connectivity index (χ0n) is 24.3. The molecule has 4 heteroatoms.